The number of nitrogens with one attached hydrogen (secondary N) is 2. The third-order valence-corrected chi connectivity index (χ3v) is 5.69. The topological polar surface area (TPSA) is 58.2 Å². The molecule has 4 nitrogen and oxygen atoms in total. The van der Waals surface area contributed by atoms with Crippen LogP contribution in [0.5, 0.6) is 0 Å². The first-order valence-electron chi connectivity index (χ1n) is 7.37. The van der Waals surface area contributed by atoms with E-state index in [2.05, 4.69) is 17.0 Å². The summed E-state index contributed by atoms with van der Waals surface area (Å²) < 4.78 is 26.5. The summed E-state index contributed by atoms with van der Waals surface area (Å²) >= 11 is 0. The minimum Gasteiger partial charge on any atom is -0.381 e. The molecular formula is C15H24N2O2S. The van der Waals surface area contributed by atoms with Crippen LogP contribution in [0.2, 0.25) is 0 Å². The van der Waals surface area contributed by atoms with Crippen molar-refractivity contribution < 1.29 is 8.42 Å². The van der Waals surface area contributed by atoms with E-state index in [0.29, 0.717) is 22.5 Å². The van der Waals surface area contributed by atoms with Gasteiger partial charge in [-0.3, -0.25) is 0 Å². The second-order valence-corrected chi connectivity index (χ2v) is 7.26. The first-order valence-corrected chi connectivity index (χ1v) is 8.86. The summed E-state index contributed by atoms with van der Waals surface area (Å²) in [6, 6.07) is 7.51. The third-order valence-electron chi connectivity index (χ3n) is 4.22. The molecule has 2 unspecified atom stereocenters. The third kappa shape index (κ3) is 3.33. The van der Waals surface area contributed by atoms with Crippen LogP contribution in [0.25, 0.3) is 0 Å². The van der Waals surface area contributed by atoms with Gasteiger partial charge in [0.1, 0.15) is 4.90 Å². The van der Waals surface area contributed by atoms with Crippen molar-refractivity contribution in [3.63, 3.8) is 0 Å². The zero-order valence-corrected chi connectivity index (χ0v) is 13.0. The molecule has 1 aliphatic rings. The molecule has 0 bridgehead atoms. The molecule has 1 aromatic rings. The highest BCUT2D eigenvalue weighted by Crippen LogP contribution is 2.31. The number of benzene rings is 1. The molecule has 1 aromatic carbocycles. The Kier molecular flexibility index (Phi) is 5.05. The maximum Gasteiger partial charge on any atom is 0.242 e. The molecule has 5 heteroatoms. The first-order chi connectivity index (χ1) is 9.58. The van der Waals surface area contributed by atoms with Gasteiger partial charge in [0.2, 0.25) is 10.0 Å². The van der Waals surface area contributed by atoms with Gasteiger partial charge in [0.25, 0.3) is 0 Å². The van der Waals surface area contributed by atoms with Crippen molar-refractivity contribution in [2.24, 2.45) is 5.92 Å². The fourth-order valence-electron chi connectivity index (χ4n) is 3.02. The van der Waals surface area contributed by atoms with Gasteiger partial charge >= 0.3 is 0 Å². The minimum absolute atomic E-state index is 0.336. The van der Waals surface area contributed by atoms with Crippen molar-refractivity contribution in [3.8, 4) is 0 Å². The highest BCUT2D eigenvalue weighted by molar-refractivity contribution is 7.89. The van der Waals surface area contributed by atoms with Gasteiger partial charge in [-0.1, -0.05) is 38.3 Å². The molecule has 0 heterocycles. The van der Waals surface area contributed by atoms with Gasteiger partial charge in [0.05, 0.1) is 5.69 Å². The number of hydrogen-bond acceptors (Lipinski definition) is 3. The molecule has 2 N–H and O–H groups in total. The Labute approximate surface area is 122 Å². The number of para-hydroxylation sites is 1. The average Bonchev–Trinajstić information content (AvgIpc) is 2.48. The van der Waals surface area contributed by atoms with Gasteiger partial charge in [-0.05, 0) is 37.9 Å². The van der Waals surface area contributed by atoms with Crippen LogP contribution in [0, 0.1) is 5.92 Å². The maximum absolute atomic E-state index is 12.1. The monoisotopic (exact) mass is 296 g/mol. The molecule has 0 aliphatic heterocycles. The summed E-state index contributed by atoms with van der Waals surface area (Å²) in [6.45, 7) is 2.21. The molecule has 0 radical (unpaired) electrons. The van der Waals surface area contributed by atoms with E-state index in [9.17, 15) is 8.42 Å². The largest absolute Gasteiger partial charge is 0.381 e. The Morgan fingerprint density at radius 3 is 2.60 bits per heavy atom. The van der Waals surface area contributed by atoms with Crippen molar-refractivity contribution >= 4 is 15.7 Å². The lowest BCUT2D eigenvalue weighted by molar-refractivity contribution is 0.317. The second-order valence-electron chi connectivity index (χ2n) is 5.41. The molecule has 2 rings (SSSR count). The molecular weight excluding hydrogens is 272 g/mol. The SMILES string of the molecule is CCC1CCCCC1Nc1ccccc1S(=O)(=O)NC. The summed E-state index contributed by atoms with van der Waals surface area (Å²) in [5.41, 5.74) is 0.715. The number of anilines is 1. The fraction of sp³-hybridized carbons (Fsp3) is 0.600. The van der Waals surface area contributed by atoms with Gasteiger partial charge in [0, 0.05) is 6.04 Å². The smallest absolute Gasteiger partial charge is 0.242 e. The van der Waals surface area contributed by atoms with E-state index in [1.807, 2.05) is 12.1 Å². The highest BCUT2D eigenvalue weighted by atomic mass is 32.2. The van der Waals surface area contributed by atoms with Crippen LogP contribution in [0.4, 0.5) is 5.69 Å². The van der Waals surface area contributed by atoms with Crippen molar-refractivity contribution in [1.29, 1.82) is 0 Å². The van der Waals surface area contributed by atoms with Crippen LogP contribution in [0.1, 0.15) is 39.0 Å². The van der Waals surface area contributed by atoms with Crippen molar-refractivity contribution in [3.05, 3.63) is 24.3 Å². The van der Waals surface area contributed by atoms with Gasteiger partial charge in [-0.2, -0.15) is 0 Å². The molecule has 0 aromatic heterocycles. The first kappa shape index (κ1) is 15.3. The minimum atomic E-state index is -3.42. The maximum atomic E-state index is 12.1. The van der Waals surface area contributed by atoms with Crippen LogP contribution >= 0.6 is 0 Å². The molecule has 0 amide bonds. The van der Waals surface area contributed by atoms with E-state index in [4.69, 9.17) is 0 Å². The summed E-state index contributed by atoms with van der Waals surface area (Å²) in [7, 11) is -1.97. The molecule has 2 atom stereocenters. The van der Waals surface area contributed by atoms with Gasteiger partial charge in [-0.15, -0.1) is 0 Å². The molecule has 0 spiro atoms. The lowest BCUT2D eigenvalue weighted by Gasteiger charge is -2.32. The number of hydrogen-bond donors (Lipinski definition) is 2. The molecule has 1 fully saturated rings. The van der Waals surface area contributed by atoms with Gasteiger partial charge in [-0.25, -0.2) is 13.1 Å². The second kappa shape index (κ2) is 6.59. The highest BCUT2D eigenvalue weighted by Gasteiger charge is 2.25. The van der Waals surface area contributed by atoms with E-state index in [1.165, 1.54) is 26.3 Å². The average molecular weight is 296 g/mol. The zero-order valence-electron chi connectivity index (χ0n) is 12.2. The Morgan fingerprint density at radius 2 is 1.90 bits per heavy atom. The molecule has 1 aliphatic carbocycles. The fourth-order valence-corrected chi connectivity index (χ4v) is 3.91. The van der Waals surface area contributed by atoms with Crippen LogP contribution in [-0.4, -0.2) is 21.5 Å². The van der Waals surface area contributed by atoms with E-state index in [-0.39, 0.29) is 0 Å². The lowest BCUT2D eigenvalue weighted by atomic mass is 9.83. The number of rotatable bonds is 5. The quantitative estimate of drug-likeness (QED) is 0.878. The van der Waals surface area contributed by atoms with Gasteiger partial charge in [0.15, 0.2) is 0 Å². The summed E-state index contributed by atoms with van der Waals surface area (Å²) in [6.07, 6.45) is 5.99. The molecule has 0 saturated heterocycles. The van der Waals surface area contributed by atoms with Crippen molar-refractivity contribution in [2.75, 3.05) is 12.4 Å². The molecule has 1 saturated carbocycles. The normalized spacial score (nSPS) is 23.5. The summed E-state index contributed by atoms with van der Waals surface area (Å²) in [4.78, 5) is 0.336. The predicted molar refractivity (Wildman–Crippen MR) is 82.3 cm³/mol. The summed E-state index contributed by atoms with van der Waals surface area (Å²) in [5, 5.41) is 3.47. The standard InChI is InChI=1S/C15H24N2O2S/c1-3-12-8-4-5-9-13(12)17-14-10-6-7-11-15(14)20(18,19)16-2/h6-7,10-13,16-17H,3-5,8-9H2,1-2H3. The van der Waals surface area contributed by atoms with Crippen molar-refractivity contribution in [2.45, 2.75) is 50.0 Å². The Bertz CT molecular complexity index is 543. The lowest BCUT2D eigenvalue weighted by Crippen LogP contribution is -2.32. The van der Waals surface area contributed by atoms with Crippen LogP contribution < -0.4 is 10.0 Å². The van der Waals surface area contributed by atoms with E-state index in [0.717, 1.165) is 12.8 Å². The number of sulfonamides is 1. The summed E-state index contributed by atoms with van der Waals surface area (Å²) in [5.74, 6) is 0.633. The van der Waals surface area contributed by atoms with Gasteiger partial charge < -0.3 is 5.32 Å². The van der Waals surface area contributed by atoms with E-state index >= 15 is 0 Å². The predicted octanol–water partition coefficient (Wildman–Crippen LogP) is 2.98. The Hall–Kier alpha value is -1.07. The van der Waals surface area contributed by atoms with E-state index in [1.54, 1.807) is 12.1 Å². The van der Waals surface area contributed by atoms with Crippen LogP contribution in [-0.2, 0) is 10.0 Å². The molecule has 20 heavy (non-hydrogen) atoms. The Morgan fingerprint density at radius 1 is 1.20 bits per heavy atom. The van der Waals surface area contributed by atoms with Crippen molar-refractivity contribution in [1.82, 2.24) is 4.72 Å². The van der Waals surface area contributed by atoms with Crippen LogP contribution in [0.15, 0.2) is 29.2 Å². The van der Waals surface area contributed by atoms with E-state index < -0.39 is 10.0 Å². The Balaban J connectivity index is 2.25. The molecule has 112 valence electrons. The zero-order chi connectivity index (χ0) is 14.6. The van der Waals surface area contributed by atoms with Crippen LogP contribution in [0.3, 0.4) is 0 Å².